The molecule has 1 rings (SSSR count). The van der Waals surface area contributed by atoms with Gasteiger partial charge in [-0.05, 0) is 30.9 Å². The van der Waals surface area contributed by atoms with Crippen LogP contribution >= 0.6 is 0 Å². The van der Waals surface area contributed by atoms with Crippen molar-refractivity contribution in [2.75, 3.05) is 11.9 Å². The Balaban J connectivity index is 2.39. The lowest BCUT2D eigenvalue weighted by atomic mass is 9.94. The molecule has 1 aromatic carbocycles. The molecule has 3 heteroatoms. The summed E-state index contributed by atoms with van der Waals surface area (Å²) in [5.41, 5.74) is 1.37. The van der Waals surface area contributed by atoms with Gasteiger partial charge in [0, 0.05) is 17.8 Å². The van der Waals surface area contributed by atoms with E-state index in [1.54, 1.807) is 0 Å². The number of carboxylic acids is 1. The molecule has 0 aliphatic carbocycles. The number of aliphatic carboxylic acids is 1. The van der Waals surface area contributed by atoms with Crippen molar-refractivity contribution in [3.63, 3.8) is 0 Å². The largest absolute Gasteiger partial charge is 0.478 e. The van der Waals surface area contributed by atoms with Crippen molar-refractivity contribution >= 4 is 11.7 Å². The standard InChI is InChI=1S/C14H19NO2/c1-3-12(11(2)14(16)17)9-10-15-13-7-5-4-6-8-13/h4-8,12,15H,2-3,9-10H2,1H3,(H,16,17). The zero-order valence-electron chi connectivity index (χ0n) is 10.1. The SMILES string of the molecule is C=C(C(=O)O)C(CC)CCNc1ccccc1. The van der Waals surface area contributed by atoms with E-state index in [2.05, 4.69) is 11.9 Å². The molecule has 0 radical (unpaired) electrons. The van der Waals surface area contributed by atoms with Crippen molar-refractivity contribution in [1.82, 2.24) is 0 Å². The monoisotopic (exact) mass is 233 g/mol. The lowest BCUT2D eigenvalue weighted by Gasteiger charge is -2.15. The van der Waals surface area contributed by atoms with Crippen molar-refractivity contribution < 1.29 is 9.90 Å². The van der Waals surface area contributed by atoms with Crippen molar-refractivity contribution in [2.45, 2.75) is 19.8 Å². The number of hydrogen-bond donors (Lipinski definition) is 2. The molecule has 2 N–H and O–H groups in total. The molecule has 1 aromatic rings. The highest BCUT2D eigenvalue weighted by molar-refractivity contribution is 5.86. The molecule has 0 heterocycles. The first kappa shape index (κ1) is 13.3. The van der Waals surface area contributed by atoms with Gasteiger partial charge in [0.25, 0.3) is 0 Å². The minimum absolute atomic E-state index is 0.0451. The maximum Gasteiger partial charge on any atom is 0.331 e. The second kappa shape index (κ2) is 6.74. The number of carbonyl (C=O) groups is 1. The van der Waals surface area contributed by atoms with E-state index in [9.17, 15) is 4.79 Å². The normalized spacial score (nSPS) is 11.8. The van der Waals surface area contributed by atoms with E-state index in [-0.39, 0.29) is 5.92 Å². The zero-order chi connectivity index (χ0) is 12.7. The van der Waals surface area contributed by atoms with E-state index >= 15 is 0 Å². The Hall–Kier alpha value is -1.77. The lowest BCUT2D eigenvalue weighted by molar-refractivity contribution is -0.133. The van der Waals surface area contributed by atoms with Crippen LogP contribution in [0, 0.1) is 5.92 Å². The molecule has 0 saturated carbocycles. The molecule has 0 aliphatic heterocycles. The first-order valence-electron chi connectivity index (χ1n) is 5.86. The lowest BCUT2D eigenvalue weighted by Crippen LogP contribution is -2.15. The highest BCUT2D eigenvalue weighted by atomic mass is 16.4. The van der Waals surface area contributed by atoms with Gasteiger partial charge in [-0.2, -0.15) is 0 Å². The number of para-hydroxylation sites is 1. The van der Waals surface area contributed by atoms with Crippen LogP contribution in [0.3, 0.4) is 0 Å². The molecule has 1 unspecified atom stereocenters. The van der Waals surface area contributed by atoms with Crippen LogP contribution < -0.4 is 5.32 Å². The second-order valence-electron chi connectivity index (χ2n) is 4.02. The van der Waals surface area contributed by atoms with Crippen molar-refractivity contribution in [1.29, 1.82) is 0 Å². The minimum atomic E-state index is -0.892. The molecule has 1 atom stereocenters. The molecule has 3 nitrogen and oxygen atoms in total. The van der Waals surface area contributed by atoms with Crippen LogP contribution in [-0.2, 0) is 4.79 Å². The third-order valence-electron chi connectivity index (χ3n) is 2.86. The Morgan fingerprint density at radius 3 is 2.59 bits per heavy atom. The highest BCUT2D eigenvalue weighted by Gasteiger charge is 2.15. The van der Waals surface area contributed by atoms with E-state index in [1.165, 1.54) is 0 Å². The van der Waals surface area contributed by atoms with Crippen LogP contribution in [0.5, 0.6) is 0 Å². The number of hydrogen-bond acceptors (Lipinski definition) is 2. The summed E-state index contributed by atoms with van der Waals surface area (Å²) >= 11 is 0. The topological polar surface area (TPSA) is 49.3 Å². The van der Waals surface area contributed by atoms with Crippen molar-refractivity contribution in [2.24, 2.45) is 5.92 Å². The zero-order valence-corrected chi connectivity index (χ0v) is 10.1. The Morgan fingerprint density at radius 2 is 2.06 bits per heavy atom. The van der Waals surface area contributed by atoms with Gasteiger partial charge in [0.05, 0.1) is 0 Å². The summed E-state index contributed by atoms with van der Waals surface area (Å²) in [5, 5.41) is 12.1. The molecule has 0 aliphatic rings. The van der Waals surface area contributed by atoms with E-state index in [0.29, 0.717) is 5.57 Å². The number of carboxylic acid groups (broad SMARTS) is 1. The van der Waals surface area contributed by atoms with Gasteiger partial charge in [0.15, 0.2) is 0 Å². The Labute approximate surface area is 102 Å². The van der Waals surface area contributed by atoms with Crippen LogP contribution in [0.1, 0.15) is 19.8 Å². The summed E-state index contributed by atoms with van der Waals surface area (Å²) in [6.07, 6.45) is 1.60. The molecule has 0 bridgehead atoms. The molecule has 92 valence electrons. The second-order valence-corrected chi connectivity index (χ2v) is 4.02. The van der Waals surface area contributed by atoms with Crippen LogP contribution in [0.15, 0.2) is 42.5 Å². The van der Waals surface area contributed by atoms with Gasteiger partial charge >= 0.3 is 5.97 Å². The third-order valence-corrected chi connectivity index (χ3v) is 2.86. The summed E-state index contributed by atoms with van der Waals surface area (Å²) in [4.78, 5) is 10.8. The predicted octanol–water partition coefficient (Wildman–Crippen LogP) is 3.16. The number of nitrogens with one attached hydrogen (secondary N) is 1. The minimum Gasteiger partial charge on any atom is -0.478 e. The van der Waals surface area contributed by atoms with Gasteiger partial charge in [-0.25, -0.2) is 4.79 Å². The van der Waals surface area contributed by atoms with E-state index < -0.39 is 5.97 Å². The Morgan fingerprint density at radius 1 is 1.41 bits per heavy atom. The molecular formula is C14H19NO2. The number of rotatable bonds is 7. The average Bonchev–Trinajstić information content (AvgIpc) is 2.35. The molecule has 0 spiro atoms. The number of anilines is 1. The van der Waals surface area contributed by atoms with Crippen LogP contribution in [0.2, 0.25) is 0 Å². The van der Waals surface area contributed by atoms with Crippen LogP contribution in [0.4, 0.5) is 5.69 Å². The van der Waals surface area contributed by atoms with Gasteiger partial charge in [-0.3, -0.25) is 0 Å². The number of benzene rings is 1. The van der Waals surface area contributed by atoms with Crippen molar-refractivity contribution in [3.05, 3.63) is 42.5 Å². The Kier molecular flexibility index (Phi) is 5.27. The van der Waals surface area contributed by atoms with E-state index in [0.717, 1.165) is 25.1 Å². The first-order chi connectivity index (χ1) is 8.15. The predicted molar refractivity (Wildman–Crippen MR) is 70.1 cm³/mol. The van der Waals surface area contributed by atoms with Crippen LogP contribution in [-0.4, -0.2) is 17.6 Å². The van der Waals surface area contributed by atoms with E-state index in [1.807, 2.05) is 37.3 Å². The molecule has 0 saturated heterocycles. The summed E-state index contributed by atoms with van der Waals surface area (Å²) in [6.45, 7) is 6.37. The van der Waals surface area contributed by atoms with Gasteiger partial charge in [-0.15, -0.1) is 0 Å². The summed E-state index contributed by atoms with van der Waals surface area (Å²) < 4.78 is 0. The molecule has 0 aromatic heterocycles. The first-order valence-corrected chi connectivity index (χ1v) is 5.86. The molecule has 0 amide bonds. The van der Waals surface area contributed by atoms with Gasteiger partial charge in [-0.1, -0.05) is 31.7 Å². The molecule has 0 fully saturated rings. The fraction of sp³-hybridized carbons (Fsp3) is 0.357. The maximum atomic E-state index is 10.8. The maximum absolute atomic E-state index is 10.8. The Bertz CT molecular complexity index is 373. The van der Waals surface area contributed by atoms with Gasteiger partial charge in [0.1, 0.15) is 0 Å². The van der Waals surface area contributed by atoms with E-state index in [4.69, 9.17) is 5.11 Å². The van der Waals surface area contributed by atoms with Gasteiger partial charge < -0.3 is 10.4 Å². The van der Waals surface area contributed by atoms with Gasteiger partial charge in [0.2, 0.25) is 0 Å². The average molecular weight is 233 g/mol. The summed E-state index contributed by atoms with van der Waals surface area (Å²) in [5.74, 6) is -0.847. The smallest absolute Gasteiger partial charge is 0.331 e. The quantitative estimate of drug-likeness (QED) is 0.711. The summed E-state index contributed by atoms with van der Waals surface area (Å²) in [7, 11) is 0. The summed E-state index contributed by atoms with van der Waals surface area (Å²) in [6, 6.07) is 9.89. The molecule has 17 heavy (non-hydrogen) atoms. The highest BCUT2D eigenvalue weighted by Crippen LogP contribution is 2.18. The fourth-order valence-electron chi connectivity index (χ4n) is 1.75. The van der Waals surface area contributed by atoms with Crippen LogP contribution in [0.25, 0.3) is 0 Å². The molecular weight excluding hydrogens is 214 g/mol. The van der Waals surface area contributed by atoms with Crippen molar-refractivity contribution in [3.8, 4) is 0 Å². The fourth-order valence-corrected chi connectivity index (χ4v) is 1.75. The third kappa shape index (κ3) is 4.31.